The van der Waals surface area contributed by atoms with Crippen LogP contribution in [-0.2, 0) is 0 Å². The molecule has 0 fully saturated rings. The minimum Gasteiger partial charge on any atom is -0.309 e. The highest BCUT2D eigenvalue weighted by atomic mass is 15.0. The van der Waals surface area contributed by atoms with Crippen molar-refractivity contribution in [2.75, 3.05) is 0 Å². The van der Waals surface area contributed by atoms with E-state index in [0.717, 1.165) is 11.4 Å². The summed E-state index contributed by atoms with van der Waals surface area (Å²) in [6, 6.07) is 80.7. The van der Waals surface area contributed by atoms with E-state index >= 15 is 0 Å². The number of benzene rings is 10. The SMILES string of the molecule is c1ccc(-n2c3ccccc3c3cc(-n4c5ccccc5c5cc(-c6ccc7c(c6)c6ccccc6n7-c6ccc7c8cccc9c%10ccccc%10n(c7c6)c98)ccc54)ccc32)cc1. The second-order valence-electron chi connectivity index (χ2n) is 17.3. The van der Waals surface area contributed by atoms with Crippen LogP contribution in [0.5, 0.6) is 0 Å². The molecule has 0 bridgehead atoms. The van der Waals surface area contributed by atoms with Crippen molar-refractivity contribution in [3.8, 4) is 28.2 Å². The zero-order valence-corrected chi connectivity index (χ0v) is 34.6. The molecule has 0 spiro atoms. The van der Waals surface area contributed by atoms with E-state index in [-0.39, 0.29) is 0 Å². The molecule has 5 heterocycles. The average molecular weight is 813 g/mol. The number of para-hydroxylation sites is 6. The summed E-state index contributed by atoms with van der Waals surface area (Å²) in [6.45, 7) is 0. The highest BCUT2D eigenvalue weighted by molar-refractivity contribution is 6.23. The Labute approximate surface area is 366 Å². The molecule has 0 amide bonds. The van der Waals surface area contributed by atoms with Crippen LogP contribution in [0.2, 0.25) is 0 Å². The molecular formula is C60H36N4. The Morgan fingerprint density at radius 2 is 0.594 bits per heavy atom. The molecule has 0 unspecified atom stereocenters. The van der Waals surface area contributed by atoms with Gasteiger partial charge in [0, 0.05) is 70.9 Å². The van der Waals surface area contributed by atoms with Crippen LogP contribution in [0.3, 0.4) is 0 Å². The second kappa shape index (κ2) is 12.5. The second-order valence-corrected chi connectivity index (χ2v) is 17.3. The Kier molecular flexibility index (Phi) is 6.65. The number of rotatable bonds is 4. The Bertz CT molecular complexity index is 4420. The predicted molar refractivity (Wildman–Crippen MR) is 270 cm³/mol. The molecule has 4 nitrogen and oxygen atoms in total. The first-order chi connectivity index (χ1) is 31.8. The first-order valence-corrected chi connectivity index (χ1v) is 22.1. The number of aromatic nitrogens is 4. The third-order valence-electron chi connectivity index (χ3n) is 14.1. The maximum atomic E-state index is 2.47. The van der Waals surface area contributed by atoms with E-state index in [1.54, 1.807) is 0 Å². The van der Waals surface area contributed by atoms with Gasteiger partial charge in [0.1, 0.15) is 0 Å². The lowest BCUT2D eigenvalue weighted by Gasteiger charge is -2.11. The lowest BCUT2D eigenvalue weighted by atomic mass is 10.0. The van der Waals surface area contributed by atoms with E-state index in [1.807, 2.05) is 0 Å². The molecule has 15 aromatic rings. The Hall–Kier alpha value is -8.60. The number of hydrogen-bond donors (Lipinski definition) is 0. The molecule has 0 saturated heterocycles. The molecule has 4 heteroatoms. The number of fused-ring (bicyclic) bond motifs is 15. The van der Waals surface area contributed by atoms with Crippen molar-refractivity contribution < 1.29 is 0 Å². The number of hydrogen-bond acceptors (Lipinski definition) is 0. The van der Waals surface area contributed by atoms with E-state index in [1.165, 1.54) is 120 Å². The highest BCUT2D eigenvalue weighted by Gasteiger charge is 2.21. The molecule has 0 aliphatic heterocycles. The van der Waals surface area contributed by atoms with E-state index in [9.17, 15) is 0 Å². The number of nitrogens with zero attached hydrogens (tertiary/aromatic N) is 4. The molecular weight excluding hydrogens is 777 g/mol. The van der Waals surface area contributed by atoms with E-state index < -0.39 is 0 Å². The van der Waals surface area contributed by atoms with Crippen molar-refractivity contribution in [2.45, 2.75) is 0 Å². The van der Waals surface area contributed by atoms with Crippen molar-refractivity contribution in [3.05, 3.63) is 218 Å². The lowest BCUT2D eigenvalue weighted by Crippen LogP contribution is -1.95. The summed E-state index contributed by atoms with van der Waals surface area (Å²) in [5, 5.41) is 12.7. The first kappa shape index (κ1) is 34.0. The molecule has 296 valence electrons. The summed E-state index contributed by atoms with van der Waals surface area (Å²) in [4.78, 5) is 0. The van der Waals surface area contributed by atoms with Crippen molar-refractivity contribution >= 4 is 104 Å². The fraction of sp³-hybridized carbons (Fsp3) is 0. The molecule has 0 saturated carbocycles. The van der Waals surface area contributed by atoms with E-state index in [4.69, 9.17) is 0 Å². The molecule has 0 aliphatic rings. The van der Waals surface area contributed by atoms with Crippen molar-refractivity contribution in [1.82, 2.24) is 18.1 Å². The van der Waals surface area contributed by atoms with Gasteiger partial charge < -0.3 is 18.1 Å². The molecule has 0 N–H and O–H groups in total. The lowest BCUT2D eigenvalue weighted by molar-refractivity contribution is 1.17. The molecule has 10 aromatic carbocycles. The minimum atomic E-state index is 1.15. The minimum absolute atomic E-state index is 1.15. The van der Waals surface area contributed by atoms with E-state index in [0.29, 0.717) is 0 Å². The largest absolute Gasteiger partial charge is 0.309 e. The standard InChI is InChI=1S/C60H36N4/c1-2-13-39(14-3-1)61-52-21-8-7-18-45(52)51-35-40(28-32-58(51)61)62-53-22-9-5-16-43(53)49-33-37(25-30-56(49)62)38-26-31-57-50(34-38)44-17-6-10-23-54(44)63(57)41-27-29-46-48-20-12-19-47-42-15-4-11-24-55(42)64(60(47)48)59(46)36-41/h1-36H. The van der Waals surface area contributed by atoms with Gasteiger partial charge in [-0.3, -0.25) is 0 Å². The molecule has 5 aromatic heterocycles. The summed E-state index contributed by atoms with van der Waals surface area (Å²) in [6.07, 6.45) is 0. The van der Waals surface area contributed by atoms with Crippen molar-refractivity contribution in [3.63, 3.8) is 0 Å². The van der Waals surface area contributed by atoms with Crippen molar-refractivity contribution in [1.29, 1.82) is 0 Å². The van der Waals surface area contributed by atoms with Crippen LogP contribution >= 0.6 is 0 Å². The first-order valence-electron chi connectivity index (χ1n) is 22.1. The van der Waals surface area contributed by atoms with Crippen molar-refractivity contribution in [2.24, 2.45) is 0 Å². The maximum absolute atomic E-state index is 2.47. The fourth-order valence-corrected chi connectivity index (χ4v) is 11.4. The quantitative estimate of drug-likeness (QED) is 0.169. The molecule has 0 aliphatic carbocycles. The zero-order chi connectivity index (χ0) is 41.6. The van der Waals surface area contributed by atoms with Crippen LogP contribution in [0, 0.1) is 0 Å². The summed E-state index contributed by atoms with van der Waals surface area (Å²) in [5.41, 5.74) is 16.9. The normalized spacial score (nSPS) is 12.4. The Morgan fingerprint density at radius 3 is 1.17 bits per heavy atom. The van der Waals surface area contributed by atoms with Gasteiger partial charge in [0.2, 0.25) is 0 Å². The van der Waals surface area contributed by atoms with Crippen LogP contribution in [0.15, 0.2) is 218 Å². The van der Waals surface area contributed by atoms with Crippen LogP contribution < -0.4 is 0 Å². The highest BCUT2D eigenvalue weighted by Crippen LogP contribution is 2.43. The smallest absolute Gasteiger partial charge is 0.0620 e. The van der Waals surface area contributed by atoms with Gasteiger partial charge in [-0.15, -0.1) is 0 Å². The summed E-state index contributed by atoms with van der Waals surface area (Å²) >= 11 is 0. The van der Waals surface area contributed by atoms with Crippen LogP contribution in [0.1, 0.15) is 0 Å². The van der Waals surface area contributed by atoms with Gasteiger partial charge >= 0.3 is 0 Å². The average Bonchev–Trinajstić information content (AvgIpc) is 4.15. The predicted octanol–water partition coefficient (Wildman–Crippen LogP) is 15.8. The van der Waals surface area contributed by atoms with E-state index in [2.05, 4.69) is 236 Å². The third-order valence-corrected chi connectivity index (χ3v) is 14.1. The molecule has 15 rings (SSSR count). The monoisotopic (exact) mass is 812 g/mol. The summed E-state index contributed by atoms with van der Waals surface area (Å²) < 4.78 is 9.74. The van der Waals surface area contributed by atoms with Gasteiger partial charge in [-0.2, -0.15) is 0 Å². The van der Waals surface area contributed by atoms with Crippen LogP contribution in [0.25, 0.3) is 132 Å². The van der Waals surface area contributed by atoms with Gasteiger partial charge in [-0.05, 0) is 102 Å². The molecule has 0 atom stereocenters. The van der Waals surface area contributed by atoms with Gasteiger partial charge in [0.25, 0.3) is 0 Å². The van der Waals surface area contributed by atoms with Crippen LogP contribution in [0.4, 0.5) is 0 Å². The van der Waals surface area contributed by atoms with Crippen LogP contribution in [-0.4, -0.2) is 18.1 Å². The maximum Gasteiger partial charge on any atom is 0.0620 e. The Balaban J connectivity index is 0.894. The molecule has 64 heavy (non-hydrogen) atoms. The topological polar surface area (TPSA) is 19.2 Å². The summed E-state index contributed by atoms with van der Waals surface area (Å²) in [7, 11) is 0. The third kappa shape index (κ3) is 4.46. The molecule has 0 radical (unpaired) electrons. The van der Waals surface area contributed by atoms with Gasteiger partial charge in [-0.25, -0.2) is 0 Å². The Morgan fingerprint density at radius 1 is 0.203 bits per heavy atom. The zero-order valence-electron chi connectivity index (χ0n) is 34.6. The summed E-state index contributed by atoms with van der Waals surface area (Å²) in [5.74, 6) is 0. The van der Waals surface area contributed by atoms with Gasteiger partial charge in [0.05, 0.1) is 49.7 Å². The van der Waals surface area contributed by atoms with Gasteiger partial charge in [-0.1, -0.05) is 127 Å². The van der Waals surface area contributed by atoms with Gasteiger partial charge in [0.15, 0.2) is 0 Å². The fourth-order valence-electron chi connectivity index (χ4n) is 11.4.